The van der Waals surface area contributed by atoms with E-state index in [4.69, 9.17) is 5.11 Å². The van der Waals surface area contributed by atoms with E-state index in [9.17, 15) is 0 Å². The second kappa shape index (κ2) is 2.26. The minimum atomic E-state index is -1.04. The van der Waals surface area contributed by atoms with Crippen molar-refractivity contribution in [1.29, 1.82) is 0 Å². The van der Waals surface area contributed by atoms with Gasteiger partial charge in [-0.05, 0) is 5.57 Å². The highest BCUT2D eigenvalue weighted by Gasteiger charge is 2.11. The summed E-state index contributed by atoms with van der Waals surface area (Å²) in [5, 5.41) is 8.54. The van der Waals surface area contributed by atoms with Crippen molar-refractivity contribution >= 4 is 0 Å². The van der Waals surface area contributed by atoms with E-state index in [1.165, 1.54) is 0 Å². The van der Waals surface area contributed by atoms with Crippen molar-refractivity contribution in [3.05, 3.63) is 12.2 Å². The summed E-state index contributed by atoms with van der Waals surface area (Å²) in [6.07, 6.45) is 0. The van der Waals surface area contributed by atoms with Crippen LogP contribution in [-0.2, 0) is 9.47 Å². The maximum atomic E-state index is 8.54. The molecule has 0 atom stereocenters. The van der Waals surface area contributed by atoms with E-state index >= 15 is 0 Å². The monoisotopic (exact) mass is 116 g/mol. The number of aliphatic hydroxyl groups excluding tert-OH is 1. The first-order valence-corrected chi connectivity index (χ1v) is 2.37. The summed E-state index contributed by atoms with van der Waals surface area (Å²) in [6, 6.07) is 0. The zero-order valence-electron chi connectivity index (χ0n) is 4.46. The van der Waals surface area contributed by atoms with Crippen LogP contribution >= 0.6 is 0 Å². The summed E-state index contributed by atoms with van der Waals surface area (Å²) in [5.74, 6) is 0. The lowest BCUT2D eigenvalue weighted by atomic mass is 10.3. The summed E-state index contributed by atoms with van der Waals surface area (Å²) >= 11 is 0. The van der Waals surface area contributed by atoms with Crippen LogP contribution in [0.15, 0.2) is 12.2 Å². The number of aliphatic hydroxyl groups is 1. The van der Waals surface area contributed by atoms with Gasteiger partial charge in [-0.15, -0.1) is 0 Å². The fourth-order valence-corrected chi connectivity index (χ4v) is 0.468. The smallest absolute Gasteiger partial charge is 0.269 e. The second-order valence-corrected chi connectivity index (χ2v) is 1.68. The highest BCUT2D eigenvalue weighted by Crippen LogP contribution is 2.04. The van der Waals surface area contributed by atoms with Gasteiger partial charge in [0.1, 0.15) is 0 Å². The Balaban J connectivity index is 2.29. The molecular weight excluding hydrogens is 108 g/mol. The molecule has 0 aromatic rings. The predicted molar refractivity (Wildman–Crippen MR) is 27.1 cm³/mol. The van der Waals surface area contributed by atoms with Gasteiger partial charge < -0.3 is 14.6 Å². The highest BCUT2D eigenvalue weighted by molar-refractivity contribution is 4.95. The van der Waals surface area contributed by atoms with Gasteiger partial charge in [0.15, 0.2) is 0 Å². The SMILES string of the molecule is C=C1COC(O)OC1. The summed E-state index contributed by atoms with van der Waals surface area (Å²) in [5.41, 5.74) is 0.857. The minimum Gasteiger partial charge on any atom is -0.346 e. The molecule has 1 aliphatic heterocycles. The van der Waals surface area contributed by atoms with Gasteiger partial charge in [-0.25, -0.2) is 0 Å². The third-order valence-corrected chi connectivity index (χ3v) is 0.860. The largest absolute Gasteiger partial charge is 0.346 e. The normalized spacial score (nSPS) is 23.9. The van der Waals surface area contributed by atoms with E-state index in [0.29, 0.717) is 13.2 Å². The lowest BCUT2D eigenvalue weighted by Gasteiger charge is -2.19. The average Bonchev–Trinajstić information content (AvgIpc) is 1.77. The van der Waals surface area contributed by atoms with Crippen LogP contribution in [-0.4, -0.2) is 24.8 Å². The Morgan fingerprint density at radius 2 is 2.00 bits per heavy atom. The van der Waals surface area contributed by atoms with Crippen LogP contribution in [0.4, 0.5) is 0 Å². The first-order chi connectivity index (χ1) is 3.79. The Kier molecular flexibility index (Phi) is 1.62. The molecule has 1 aliphatic rings. The zero-order chi connectivity index (χ0) is 5.98. The third kappa shape index (κ3) is 1.30. The predicted octanol–water partition coefficient (Wildman–Crippen LogP) is -0.135. The van der Waals surface area contributed by atoms with Gasteiger partial charge in [-0.1, -0.05) is 6.58 Å². The molecule has 0 unspecified atom stereocenters. The fraction of sp³-hybridized carbons (Fsp3) is 0.600. The van der Waals surface area contributed by atoms with Crippen LogP contribution < -0.4 is 0 Å². The molecule has 0 aromatic heterocycles. The average molecular weight is 116 g/mol. The standard InChI is InChI=1S/C5H8O3/c1-4-2-7-5(6)8-3-4/h5-6H,1-3H2. The molecule has 0 aromatic carbocycles. The zero-order valence-corrected chi connectivity index (χ0v) is 4.46. The summed E-state index contributed by atoms with van der Waals surface area (Å²) in [4.78, 5) is 0. The van der Waals surface area contributed by atoms with Crippen LogP contribution in [0.5, 0.6) is 0 Å². The second-order valence-electron chi connectivity index (χ2n) is 1.68. The molecular formula is C5H8O3. The van der Waals surface area contributed by atoms with Crippen molar-refractivity contribution in [2.75, 3.05) is 13.2 Å². The van der Waals surface area contributed by atoms with E-state index in [0.717, 1.165) is 5.57 Å². The molecule has 0 saturated carbocycles. The molecule has 1 rings (SSSR count). The van der Waals surface area contributed by atoms with Crippen LogP contribution in [0.25, 0.3) is 0 Å². The molecule has 8 heavy (non-hydrogen) atoms. The Morgan fingerprint density at radius 3 is 2.38 bits per heavy atom. The van der Waals surface area contributed by atoms with Crippen molar-refractivity contribution in [3.8, 4) is 0 Å². The van der Waals surface area contributed by atoms with Crippen molar-refractivity contribution in [2.24, 2.45) is 0 Å². The number of hydrogen-bond donors (Lipinski definition) is 1. The maximum absolute atomic E-state index is 8.54. The third-order valence-electron chi connectivity index (χ3n) is 0.860. The van der Waals surface area contributed by atoms with Gasteiger partial charge >= 0.3 is 0 Å². The molecule has 1 N–H and O–H groups in total. The van der Waals surface area contributed by atoms with Gasteiger partial charge in [-0.3, -0.25) is 0 Å². The van der Waals surface area contributed by atoms with E-state index in [1.54, 1.807) is 0 Å². The van der Waals surface area contributed by atoms with Crippen LogP contribution in [0.3, 0.4) is 0 Å². The van der Waals surface area contributed by atoms with E-state index in [-0.39, 0.29) is 0 Å². The molecule has 1 heterocycles. The fourth-order valence-electron chi connectivity index (χ4n) is 0.468. The van der Waals surface area contributed by atoms with Crippen LogP contribution in [0.1, 0.15) is 0 Å². The highest BCUT2D eigenvalue weighted by atomic mass is 16.8. The Hall–Kier alpha value is -0.380. The topological polar surface area (TPSA) is 38.7 Å². The summed E-state index contributed by atoms with van der Waals surface area (Å²) < 4.78 is 9.25. The molecule has 1 fully saturated rings. The summed E-state index contributed by atoms with van der Waals surface area (Å²) in [7, 11) is 0. The van der Waals surface area contributed by atoms with Crippen molar-refractivity contribution in [3.63, 3.8) is 0 Å². The quantitative estimate of drug-likeness (QED) is 0.448. The van der Waals surface area contributed by atoms with E-state index in [1.807, 2.05) is 0 Å². The molecule has 0 bridgehead atoms. The van der Waals surface area contributed by atoms with Crippen LogP contribution in [0.2, 0.25) is 0 Å². The molecule has 0 radical (unpaired) electrons. The molecule has 0 aliphatic carbocycles. The number of rotatable bonds is 0. The molecule has 1 saturated heterocycles. The van der Waals surface area contributed by atoms with Gasteiger partial charge in [0.05, 0.1) is 13.2 Å². The van der Waals surface area contributed by atoms with Gasteiger partial charge in [-0.2, -0.15) is 0 Å². The Morgan fingerprint density at radius 1 is 1.50 bits per heavy atom. The van der Waals surface area contributed by atoms with Crippen molar-refractivity contribution in [2.45, 2.75) is 6.48 Å². The van der Waals surface area contributed by atoms with E-state index in [2.05, 4.69) is 16.1 Å². The molecule has 0 amide bonds. The number of ether oxygens (including phenoxy) is 2. The van der Waals surface area contributed by atoms with E-state index < -0.39 is 6.48 Å². The van der Waals surface area contributed by atoms with Gasteiger partial charge in [0.25, 0.3) is 6.48 Å². The van der Waals surface area contributed by atoms with Gasteiger partial charge in [0.2, 0.25) is 0 Å². The molecule has 0 spiro atoms. The lowest BCUT2D eigenvalue weighted by molar-refractivity contribution is -0.272. The molecule has 3 nitrogen and oxygen atoms in total. The van der Waals surface area contributed by atoms with Crippen molar-refractivity contribution < 1.29 is 14.6 Å². The van der Waals surface area contributed by atoms with Gasteiger partial charge in [0, 0.05) is 0 Å². The lowest BCUT2D eigenvalue weighted by Crippen LogP contribution is -2.25. The first-order valence-electron chi connectivity index (χ1n) is 2.37. The Bertz CT molecular complexity index is 89.8. The molecule has 46 valence electrons. The van der Waals surface area contributed by atoms with Crippen molar-refractivity contribution in [1.82, 2.24) is 0 Å². The summed E-state index contributed by atoms with van der Waals surface area (Å²) in [6.45, 7) is 3.35. The first kappa shape index (κ1) is 5.75. The molecule has 3 heteroatoms. The number of hydrogen-bond acceptors (Lipinski definition) is 3. The maximum Gasteiger partial charge on any atom is 0.269 e. The van der Waals surface area contributed by atoms with Crippen LogP contribution in [0, 0.1) is 0 Å². The Labute approximate surface area is 47.5 Å². The minimum absolute atomic E-state index is 0.404.